The number of hydrogen-bond donors (Lipinski definition) is 2. The minimum atomic E-state index is -0.411. The zero-order chi connectivity index (χ0) is 15.4. The molecular weight excluding hydrogens is 353 g/mol. The standard InChI is InChI=1S/C13H8Cl3N3OS/c14-8-4-3-7(6-9(8)15)12(20)19-13(21)18-10-2-1-5-17-11(10)16/h1-6H,(H2,18,19,20,21). The number of carbonyl (C=O) groups excluding carboxylic acids is 1. The predicted molar refractivity (Wildman–Crippen MR) is 89.4 cm³/mol. The molecule has 1 aromatic carbocycles. The van der Waals surface area contributed by atoms with Gasteiger partial charge in [0.25, 0.3) is 5.91 Å². The smallest absolute Gasteiger partial charge is 0.257 e. The van der Waals surface area contributed by atoms with E-state index in [-0.39, 0.29) is 10.3 Å². The van der Waals surface area contributed by atoms with Gasteiger partial charge in [0.2, 0.25) is 0 Å². The average molecular weight is 361 g/mol. The molecule has 21 heavy (non-hydrogen) atoms. The number of nitrogens with zero attached hydrogens (tertiary/aromatic N) is 1. The Morgan fingerprint density at radius 2 is 1.90 bits per heavy atom. The van der Waals surface area contributed by atoms with Crippen LogP contribution in [0.1, 0.15) is 10.4 Å². The van der Waals surface area contributed by atoms with Crippen LogP contribution >= 0.6 is 47.0 Å². The largest absolute Gasteiger partial charge is 0.330 e. The Morgan fingerprint density at radius 1 is 1.14 bits per heavy atom. The van der Waals surface area contributed by atoms with Gasteiger partial charge in [-0.1, -0.05) is 34.8 Å². The molecule has 0 fully saturated rings. The van der Waals surface area contributed by atoms with Crippen molar-refractivity contribution in [1.29, 1.82) is 0 Å². The third kappa shape index (κ3) is 4.28. The molecule has 0 aliphatic heterocycles. The summed E-state index contributed by atoms with van der Waals surface area (Å²) >= 11 is 22.6. The van der Waals surface area contributed by atoms with Crippen LogP contribution in [0.5, 0.6) is 0 Å². The Hall–Kier alpha value is -1.40. The highest BCUT2D eigenvalue weighted by molar-refractivity contribution is 7.80. The van der Waals surface area contributed by atoms with Crippen molar-refractivity contribution < 1.29 is 4.79 Å². The SMILES string of the molecule is O=C(NC(=S)Nc1cccnc1Cl)c1ccc(Cl)c(Cl)c1. The van der Waals surface area contributed by atoms with Gasteiger partial charge < -0.3 is 5.32 Å². The molecular formula is C13H8Cl3N3OS. The zero-order valence-electron chi connectivity index (χ0n) is 10.4. The summed E-state index contributed by atoms with van der Waals surface area (Å²) in [6, 6.07) is 7.92. The average Bonchev–Trinajstić information content (AvgIpc) is 2.44. The minimum Gasteiger partial charge on any atom is -0.330 e. The summed E-state index contributed by atoms with van der Waals surface area (Å²) in [5.41, 5.74) is 0.837. The van der Waals surface area contributed by atoms with Gasteiger partial charge in [0.05, 0.1) is 15.7 Å². The Morgan fingerprint density at radius 3 is 2.57 bits per heavy atom. The topological polar surface area (TPSA) is 54.0 Å². The van der Waals surface area contributed by atoms with Gasteiger partial charge >= 0.3 is 0 Å². The van der Waals surface area contributed by atoms with E-state index in [1.165, 1.54) is 12.1 Å². The van der Waals surface area contributed by atoms with Crippen molar-refractivity contribution in [1.82, 2.24) is 10.3 Å². The van der Waals surface area contributed by atoms with E-state index in [2.05, 4.69) is 15.6 Å². The van der Waals surface area contributed by atoms with Crippen LogP contribution in [0.15, 0.2) is 36.5 Å². The first kappa shape index (κ1) is 16.0. The van der Waals surface area contributed by atoms with Crippen LogP contribution in [0.2, 0.25) is 15.2 Å². The molecule has 0 atom stereocenters. The number of aromatic nitrogens is 1. The first-order valence-electron chi connectivity index (χ1n) is 5.65. The van der Waals surface area contributed by atoms with Crippen LogP contribution in [0, 0.1) is 0 Å². The number of benzene rings is 1. The number of anilines is 1. The van der Waals surface area contributed by atoms with E-state index in [4.69, 9.17) is 47.0 Å². The fourth-order valence-electron chi connectivity index (χ4n) is 1.45. The van der Waals surface area contributed by atoms with Crippen LogP contribution in [0.4, 0.5) is 5.69 Å². The predicted octanol–water partition coefficient (Wildman–Crippen LogP) is 4.17. The number of nitrogens with one attached hydrogen (secondary N) is 2. The molecule has 4 nitrogen and oxygen atoms in total. The molecule has 0 radical (unpaired) electrons. The van der Waals surface area contributed by atoms with Gasteiger partial charge in [-0.2, -0.15) is 0 Å². The van der Waals surface area contributed by atoms with Crippen molar-refractivity contribution in [3.05, 3.63) is 57.3 Å². The lowest BCUT2D eigenvalue weighted by atomic mass is 10.2. The zero-order valence-corrected chi connectivity index (χ0v) is 13.4. The molecule has 108 valence electrons. The van der Waals surface area contributed by atoms with Gasteiger partial charge in [-0.3, -0.25) is 10.1 Å². The number of amides is 1. The summed E-state index contributed by atoms with van der Waals surface area (Å²) in [4.78, 5) is 15.9. The quantitative estimate of drug-likeness (QED) is 0.623. The van der Waals surface area contributed by atoms with Crippen LogP contribution < -0.4 is 10.6 Å². The van der Waals surface area contributed by atoms with Crippen molar-refractivity contribution in [2.24, 2.45) is 0 Å². The lowest BCUT2D eigenvalue weighted by Crippen LogP contribution is -2.34. The second kappa shape index (κ2) is 7.04. The molecule has 0 saturated heterocycles. The van der Waals surface area contributed by atoms with Crippen molar-refractivity contribution in [2.45, 2.75) is 0 Å². The van der Waals surface area contributed by atoms with Crippen LogP contribution in [-0.2, 0) is 0 Å². The van der Waals surface area contributed by atoms with Crippen LogP contribution in [0.25, 0.3) is 0 Å². The molecule has 0 spiro atoms. The summed E-state index contributed by atoms with van der Waals surface area (Å²) in [7, 11) is 0. The Labute approximate surface area is 141 Å². The third-order valence-corrected chi connectivity index (χ3v) is 3.66. The Kier molecular flexibility index (Phi) is 5.36. The molecule has 0 saturated carbocycles. The van der Waals surface area contributed by atoms with Crippen LogP contribution in [0.3, 0.4) is 0 Å². The molecule has 1 aromatic heterocycles. The highest BCUT2D eigenvalue weighted by Crippen LogP contribution is 2.22. The lowest BCUT2D eigenvalue weighted by Gasteiger charge is -2.10. The van der Waals surface area contributed by atoms with Crippen molar-refractivity contribution in [2.75, 3.05) is 5.32 Å². The molecule has 0 aliphatic rings. The Bertz CT molecular complexity index is 709. The van der Waals surface area contributed by atoms with E-state index in [1.807, 2.05) is 0 Å². The van der Waals surface area contributed by atoms with Crippen molar-refractivity contribution in [3.63, 3.8) is 0 Å². The van der Waals surface area contributed by atoms with Crippen molar-refractivity contribution >= 4 is 63.7 Å². The van der Waals surface area contributed by atoms with E-state index >= 15 is 0 Å². The van der Waals surface area contributed by atoms with Gasteiger partial charge in [-0.05, 0) is 42.5 Å². The lowest BCUT2D eigenvalue weighted by molar-refractivity contribution is 0.0978. The monoisotopic (exact) mass is 359 g/mol. The van der Waals surface area contributed by atoms with Gasteiger partial charge in [-0.25, -0.2) is 4.98 Å². The summed E-state index contributed by atoms with van der Waals surface area (Å²) in [5.74, 6) is -0.411. The van der Waals surface area contributed by atoms with Gasteiger partial charge in [0.15, 0.2) is 10.3 Å². The minimum absolute atomic E-state index is 0.0981. The second-order valence-electron chi connectivity index (χ2n) is 3.88. The number of rotatable bonds is 2. The first-order chi connectivity index (χ1) is 9.97. The summed E-state index contributed by atoms with van der Waals surface area (Å²) < 4.78 is 0. The maximum Gasteiger partial charge on any atom is 0.257 e. The number of pyridine rings is 1. The van der Waals surface area contributed by atoms with E-state index in [1.54, 1.807) is 24.4 Å². The highest BCUT2D eigenvalue weighted by Gasteiger charge is 2.11. The number of halogens is 3. The maximum absolute atomic E-state index is 12.0. The van der Waals surface area contributed by atoms with Gasteiger partial charge in [0.1, 0.15) is 0 Å². The molecule has 2 N–H and O–H groups in total. The Balaban J connectivity index is 2.04. The number of hydrogen-bond acceptors (Lipinski definition) is 3. The first-order valence-corrected chi connectivity index (χ1v) is 7.19. The molecule has 0 aliphatic carbocycles. The van der Waals surface area contributed by atoms with Gasteiger partial charge in [-0.15, -0.1) is 0 Å². The fraction of sp³-hybridized carbons (Fsp3) is 0. The van der Waals surface area contributed by atoms with Crippen molar-refractivity contribution in [3.8, 4) is 0 Å². The van der Waals surface area contributed by atoms with E-state index in [0.717, 1.165) is 0 Å². The van der Waals surface area contributed by atoms with E-state index in [9.17, 15) is 4.79 Å². The third-order valence-electron chi connectivity index (χ3n) is 2.42. The number of thiocarbonyl (C=S) groups is 1. The second-order valence-corrected chi connectivity index (χ2v) is 5.46. The number of carbonyl (C=O) groups is 1. The summed E-state index contributed by atoms with van der Waals surface area (Å²) in [6.07, 6.45) is 1.55. The molecule has 1 amide bonds. The molecule has 1 heterocycles. The molecule has 0 unspecified atom stereocenters. The maximum atomic E-state index is 12.0. The van der Waals surface area contributed by atoms with E-state index < -0.39 is 5.91 Å². The summed E-state index contributed by atoms with van der Waals surface area (Å²) in [5, 5.41) is 6.31. The normalized spacial score (nSPS) is 10.0. The summed E-state index contributed by atoms with van der Waals surface area (Å²) in [6.45, 7) is 0. The molecule has 2 aromatic rings. The molecule has 0 bridgehead atoms. The van der Waals surface area contributed by atoms with Crippen LogP contribution in [-0.4, -0.2) is 16.0 Å². The molecule has 2 rings (SSSR count). The highest BCUT2D eigenvalue weighted by atomic mass is 35.5. The van der Waals surface area contributed by atoms with Gasteiger partial charge in [0, 0.05) is 11.8 Å². The molecule has 8 heteroatoms. The van der Waals surface area contributed by atoms with E-state index in [0.29, 0.717) is 21.3 Å². The fourth-order valence-corrected chi connectivity index (χ4v) is 2.11.